The van der Waals surface area contributed by atoms with Crippen LogP contribution in [0.15, 0.2) is 134 Å². The van der Waals surface area contributed by atoms with E-state index in [4.69, 9.17) is 0 Å². The molecule has 8 rings (SSSR count). The average molecular weight is 907 g/mol. The van der Waals surface area contributed by atoms with Crippen molar-refractivity contribution in [3.63, 3.8) is 0 Å². The van der Waals surface area contributed by atoms with Crippen LogP contribution in [0.5, 0.6) is 0 Å². The summed E-state index contributed by atoms with van der Waals surface area (Å²) in [6.07, 6.45) is 4.31. The van der Waals surface area contributed by atoms with E-state index in [1.807, 2.05) is 163 Å². The Balaban J connectivity index is 0.909. The molecule has 2 aromatic heterocycles. The average Bonchev–Trinajstić information content (AvgIpc) is 4.02. The molecule has 0 spiro atoms. The van der Waals surface area contributed by atoms with E-state index < -0.39 is 0 Å². The van der Waals surface area contributed by atoms with Crippen molar-refractivity contribution in [3.05, 3.63) is 201 Å². The largest absolute Gasteiger partial charge is 0.396 e. The van der Waals surface area contributed by atoms with Crippen LogP contribution >= 0.6 is 0 Å². The predicted molar refractivity (Wildman–Crippen MR) is 264 cm³/mol. The third-order valence-corrected chi connectivity index (χ3v) is 12.4. The van der Waals surface area contributed by atoms with Gasteiger partial charge in [-0.25, -0.2) is 9.36 Å². The monoisotopic (exact) mass is 906 g/mol. The first kappa shape index (κ1) is 46.7. The highest BCUT2D eigenvalue weighted by atomic mass is 16.3. The highest BCUT2D eigenvalue weighted by Crippen LogP contribution is 2.32. The van der Waals surface area contributed by atoms with Crippen molar-refractivity contribution in [3.8, 4) is 11.4 Å². The van der Waals surface area contributed by atoms with Crippen molar-refractivity contribution in [1.29, 1.82) is 0 Å². The van der Waals surface area contributed by atoms with Crippen LogP contribution in [-0.2, 0) is 17.6 Å². The Labute approximate surface area is 395 Å². The number of benzene rings is 6. The van der Waals surface area contributed by atoms with Crippen LogP contribution in [0.3, 0.4) is 0 Å². The molecule has 13 heteroatoms. The number of hydrogen-bond donors (Lipinski definition) is 4. The van der Waals surface area contributed by atoms with E-state index in [0.717, 1.165) is 56.1 Å². The number of aliphatic hydroxyl groups excluding tert-OH is 2. The zero-order valence-electron chi connectivity index (χ0n) is 39.0. The Kier molecular flexibility index (Phi) is 13.9. The van der Waals surface area contributed by atoms with E-state index in [1.165, 1.54) is 0 Å². The predicted octanol–water partition coefficient (Wildman–Crippen LogP) is 9.58. The molecule has 0 bridgehead atoms. The van der Waals surface area contributed by atoms with Crippen molar-refractivity contribution in [2.45, 2.75) is 66.2 Å². The number of aryl methyl sites for hydroxylation is 4. The molecule has 0 radical (unpaired) electrons. The van der Waals surface area contributed by atoms with Crippen molar-refractivity contribution in [1.82, 2.24) is 30.0 Å². The fourth-order valence-corrected chi connectivity index (χ4v) is 8.39. The maximum atomic E-state index is 14.1. The highest BCUT2D eigenvalue weighted by Gasteiger charge is 2.24. The molecule has 4 N–H and O–H groups in total. The van der Waals surface area contributed by atoms with Gasteiger partial charge in [0.05, 0.1) is 35.2 Å². The smallest absolute Gasteiger partial charge is 0.193 e. The van der Waals surface area contributed by atoms with Gasteiger partial charge in [-0.1, -0.05) is 60.7 Å². The molecule has 13 nitrogen and oxygen atoms in total. The van der Waals surface area contributed by atoms with Crippen molar-refractivity contribution < 1.29 is 24.6 Å². The van der Waals surface area contributed by atoms with Crippen LogP contribution in [0.2, 0.25) is 0 Å². The van der Waals surface area contributed by atoms with Crippen molar-refractivity contribution in [2.24, 2.45) is 0 Å². The molecule has 2 atom stereocenters. The van der Waals surface area contributed by atoms with E-state index >= 15 is 0 Å². The van der Waals surface area contributed by atoms with Crippen LogP contribution in [0, 0.1) is 27.7 Å². The minimum Gasteiger partial charge on any atom is -0.396 e. The molecular weight excluding hydrogens is 853 g/mol. The van der Waals surface area contributed by atoms with Crippen LogP contribution in [0.4, 0.5) is 22.7 Å². The lowest BCUT2D eigenvalue weighted by molar-refractivity contribution is -0.121. The number of carbonyl (C=O) groups is 3. The first-order chi connectivity index (χ1) is 32.8. The van der Waals surface area contributed by atoms with E-state index in [2.05, 4.69) is 31.3 Å². The zero-order chi connectivity index (χ0) is 48.1. The third kappa shape index (κ3) is 10.2. The second-order valence-corrected chi connectivity index (χ2v) is 17.3. The Morgan fingerprint density at radius 1 is 0.500 bits per heavy atom. The summed E-state index contributed by atoms with van der Waals surface area (Å²) in [7, 11) is 0. The number of rotatable bonds is 18. The summed E-state index contributed by atoms with van der Waals surface area (Å²) < 4.78 is 3.22. The first-order valence-electron chi connectivity index (χ1n) is 22.6. The number of nitrogens with zero attached hydrogens (tertiary/aromatic N) is 6. The molecule has 6 aromatic carbocycles. The Hall–Kier alpha value is -7.87. The van der Waals surface area contributed by atoms with Crippen molar-refractivity contribution >= 4 is 40.1 Å². The van der Waals surface area contributed by atoms with E-state index in [-0.39, 0.29) is 42.4 Å². The van der Waals surface area contributed by atoms with E-state index in [1.54, 1.807) is 21.8 Å². The van der Waals surface area contributed by atoms with Gasteiger partial charge in [-0.3, -0.25) is 14.4 Å². The van der Waals surface area contributed by atoms with Gasteiger partial charge in [-0.05, 0) is 146 Å². The standard InChI is InChI=1S/C55H54N8O5/c1-33-13-17-47(62-31-45(21-23-64)58-60-62)29-51(33)54(67)49-19-15-43(25-35(49)3)56-41-11-7-9-39(27-41)37(5)53(66)38(6)40-10-8-12-42(28-40)57-44-16-20-50(36(4)26-44)55(68)52-30-48(18-14-34(52)2)63-32-46(22-24-65)59-61-63/h7-20,25-32,37-38,56-57,64-65H,21-24H2,1-6H3. The van der Waals surface area contributed by atoms with Gasteiger partial charge in [0.2, 0.25) is 0 Å². The highest BCUT2D eigenvalue weighted by molar-refractivity contribution is 6.12. The normalized spacial score (nSPS) is 12.1. The molecule has 0 fully saturated rings. The molecule has 0 aliphatic rings. The fourth-order valence-electron chi connectivity index (χ4n) is 8.39. The number of carbonyl (C=O) groups excluding carboxylic acids is 3. The van der Waals surface area contributed by atoms with Crippen LogP contribution in [0.25, 0.3) is 11.4 Å². The number of nitrogens with one attached hydrogen (secondary N) is 2. The summed E-state index contributed by atoms with van der Waals surface area (Å²) in [5, 5.41) is 42.0. The van der Waals surface area contributed by atoms with Gasteiger partial charge in [-0.2, -0.15) is 0 Å². The number of aromatic nitrogens is 6. The molecule has 0 aliphatic heterocycles. The lowest BCUT2D eigenvalue weighted by Gasteiger charge is -2.19. The maximum absolute atomic E-state index is 14.1. The molecule has 68 heavy (non-hydrogen) atoms. The van der Waals surface area contributed by atoms with Gasteiger partial charge in [0.1, 0.15) is 5.78 Å². The minimum absolute atomic E-state index is 0.0213. The van der Waals surface area contributed by atoms with Crippen LogP contribution < -0.4 is 10.6 Å². The number of hydrogen-bond acceptors (Lipinski definition) is 11. The Morgan fingerprint density at radius 3 is 1.31 bits per heavy atom. The molecule has 0 amide bonds. The van der Waals surface area contributed by atoms with Crippen molar-refractivity contribution in [2.75, 3.05) is 23.8 Å². The second-order valence-electron chi connectivity index (χ2n) is 17.3. The van der Waals surface area contributed by atoms with Crippen LogP contribution in [-0.4, -0.2) is 70.8 Å². The molecule has 344 valence electrons. The summed E-state index contributed by atoms with van der Waals surface area (Å²) in [5.41, 5.74) is 13.4. The molecule has 2 unspecified atom stereocenters. The summed E-state index contributed by atoms with van der Waals surface area (Å²) in [5.74, 6) is -0.889. The molecule has 0 aliphatic carbocycles. The zero-order valence-corrected chi connectivity index (χ0v) is 39.0. The van der Waals surface area contributed by atoms with E-state index in [9.17, 15) is 24.6 Å². The molecular formula is C55H54N8O5. The SMILES string of the molecule is Cc1cc(Nc2cccc(C(C)C(=O)C(C)c3cccc(Nc4ccc(C(=O)c5cc(-n6cc(CCO)nn6)ccc5C)c(C)c4)c3)c2)ccc1C(=O)c1cc(-n2cc(CCO)nn2)ccc1C. The molecule has 0 saturated heterocycles. The number of anilines is 4. The Bertz CT molecular complexity index is 2960. The van der Waals surface area contributed by atoms with E-state index in [0.29, 0.717) is 57.9 Å². The fraction of sp³-hybridized carbons (Fsp3) is 0.218. The second kappa shape index (κ2) is 20.3. The van der Waals surface area contributed by atoms with Gasteiger partial charge in [0, 0.05) is 82.9 Å². The summed E-state index contributed by atoms with van der Waals surface area (Å²) >= 11 is 0. The topological polar surface area (TPSA) is 177 Å². The maximum Gasteiger partial charge on any atom is 0.193 e. The third-order valence-electron chi connectivity index (χ3n) is 12.4. The Morgan fingerprint density at radius 2 is 0.912 bits per heavy atom. The van der Waals surface area contributed by atoms with Gasteiger partial charge in [-0.15, -0.1) is 10.2 Å². The first-order valence-corrected chi connectivity index (χ1v) is 22.6. The number of ketones is 3. The summed E-state index contributed by atoms with van der Waals surface area (Å²) in [4.78, 5) is 41.8. The summed E-state index contributed by atoms with van der Waals surface area (Å²) in [6, 6.07) is 38.2. The summed E-state index contributed by atoms with van der Waals surface area (Å²) in [6.45, 7) is 11.5. The molecule has 8 aromatic rings. The lowest BCUT2D eigenvalue weighted by atomic mass is 9.85. The van der Waals surface area contributed by atoms with Crippen LogP contribution in [0.1, 0.15) is 102 Å². The minimum atomic E-state index is -0.389. The van der Waals surface area contributed by atoms with Gasteiger partial charge in [0.25, 0.3) is 0 Å². The molecule has 0 saturated carbocycles. The van der Waals surface area contributed by atoms with Gasteiger partial charge < -0.3 is 20.8 Å². The quantitative estimate of drug-likeness (QED) is 0.0603. The lowest BCUT2D eigenvalue weighted by Crippen LogP contribution is -2.16. The van der Waals surface area contributed by atoms with Gasteiger partial charge >= 0.3 is 0 Å². The van der Waals surface area contributed by atoms with Gasteiger partial charge in [0.15, 0.2) is 11.6 Å². The number of Topliss-reactive ketones (excluding diaryl/α,β-unsaturated/α-hetero) is 1. The molecule has 2 heterocycles. The number of aliphatic hydroxyl groups is 2.